The summed E-state index contributed by atoms with van der Waals surface area (Å²) < 4.78 is 7.24. The number of nitrogens with one attached hydrogen (secondary N) is 1. The molecular formula is C20H22N4O2. The highest BCUT2D eigenvalue weighted by molar-refractivity contribution is 5.91. The van der Waals surface area contributed by atoms with Crippen molar-refractivity contribution in [3.63, 3.8) is 0 Å². The Hall–Kier alpha value is -3.15. The van der Waals surface area contributed by atoms with Gasteiger partial charge in [-0.15, -0.1) is 0 Å². The predicted octanol–water partition coefficient (Wildman–Crippen LogP) is 3.72. The first-order chi connectivity index (χ1) is 12.5. The number of hydrogen-bond donors (Lipinski definition) is 1. The maximum atomic E-state index is 12.1. The molecular weight excluding hydrogens is 328 g/mol. The van der Waals surface area contributed by atoms with Crippen molar-refractivity contribution >= 4 is 11.6 Å². The van der Waals surface area contributed by atoms with Crippen molar-refractivity contribution in [1.82, 2.24) is 14.8 Å². The second kappa shape index (κ2) is 7.82. The minimum Gasteiger partial charge on any atom is -0.484 e. The molecule has 0 aliphatic heterocycles. The Bertz CT molecular complexity index is 871. The van der Waals surface area contributed by atoms with Gasteiger partial charge in [0.2, 0.25) is 0 Å². The Morgan fingerprint density at radius 2 is 2.12 bits per heavy atom. The lowest BCUT2D eigenvalue weighted by molar-refractivity contribution is -0.118. The molecule has 0 saturated heterocycles. The molecule has 0 fully saturated rings. The van der Waals surface area contributed by atoms with Gasteiger partial charge < -0.3 is 10.1 Å². The lowest BCUT2D eigenvalue weighted by Crippen LogP contribution is -2.20. The van der Waals surface area contributed by atoms with E-state index in [0.717, 1.165) is 5.56 Å². The average molecular weight is 350 g/mol. The molecule has 0 aliphatic carbocycles. The van der Waals surface area contributed by atoms with Crippen LogP contribution in [0.25, 0.3) is 5.82 Å². The summed E-state index contributed by atoms with van der Waals surface area (Å²) in [5, 5.41) is 6.88. The molecule has 3 rings (SSSR count). The number of aryl methyl sites for hydroxylation is 1. The topological polar surface area (TPSA) is 69.0 Å². The number of amides is 1. The number of carbonyl (C=O) groups excluding carboxylic acids is 1. The van der Waals surface area contributed by atoms with Crippen LogP contribution in [0.4, 0.5) is 5.69 Å². The van der Waals surface area contributed by atoms with Crippen LogP contribution in [0.5, 0.6) is 5.75 Å². The van der Waals surface area contributed by atoms with Gasteiger partial charge in [0.15, 0.2) is 12.4 Å². The molecule has 0 bridgehead atoms. The van der Waals surface area contributed by atoms with E-state index in [1.165, 1.54) is 5.56 Å². The van der Waals surface area contributed by atoms with Crippen LogP contribution in [0.2, 0.25) is 0 Å². The second-order valence-corrected chi connectivity index (χ2v) is 6.37. The number of ether oxygens (including phenoxy) is 1. The van der Waals surface area contributed by atoms with E-state index < -0.39 is 0 Å². The molecule has 1 amide bonds. The largest absolute Gasteiger partial charge is 0.484 e. The zero-order valence-corrected chi connectivity index (χ0v) is 15.1. The van der Waals surface area contributed by atoms with E-state index in [4.69, 9.17) is 4.74 Å². The molecule has 6 nitrogen and oxygen atoms in total. The van der Waals surface area contributed by atoms with Crippen LogP contribution in [0.3, 0.4) is 0 Å². The first kappa shape index (κ1) is 17.7. The zero-order valence-electron chi connectivity index (χ0n) is 15.1. The van der Waals surface area contributed by atoms with Gasteiger partial charge in [0, 0.05) is 12.4 Å². The molecule has 6 heteroatoms. The summed E-state index contributed by atoms with van der Waals surface area (Å²) in [4.78, 5) is 16.4. The fraction of sp³-hybridized carbons (Fsp3) is 0.250. The minimum atomic E-state index is -0.232. The Morgan fingerprint density at radius 3 is 2.73 bits per heavy atom. The Balaban J connectivity index is 1.55. The molecule has 1 aromatic carbocycles. The van der Waals surface area contributed by atoms with E-state index in [-0.39, 0.29) is 12.5 Å². The first-order valence-electron chi connectivity index (χ1n) is 8.52. The van der Waals surface area contributed by atoms with Gasteiger partial charge in [-0.3, -0.25) is 4.79 Å². The molecule has 0 saturated carbocycles. The summed E-state index contributed by atoms with van der Waals surface area (Å²) in [6.07, 6.45) is 5.08. The molecule has 134 valence electrons. The number of anilines is 1. The lowest BCUT2D eigenvalue weighted by atomic mass is 9.98. The number of rotatable bonds is 6. The Kier molecular flexibility index (Phi) is 5.31. The van der Waals surface area contributed by atoms with Crippen LogP contribution < -0.4 is 10.1 Å². The van der Waals surface area contributed by atoms with E-state index in [1.54, 1.807) is 35.4 Å². The molecule has 3 aromatic rings. The highest BCUT2D eigenvalue weighted by atomic mass is 16.5. The van der Waals surface area contributed by atoms with Gasteiger partial charge in [0.05, 0.1) is 11.9 Å². The SMILES string of the molecule is Cc1cc(OCC(=O)Nc2ccc(-n3cccn3)nc2)ccc1C(C)C. The molecule has 2 heterocycles. The van der Waals surface area contributed by atoms with Crippen molar-refractivity contribution in [1.29, 1.82) is 0 Å². The predicted molar refractivity (Wildman–Crippen MR) is 101 cm³/mol. The van der Waals surface area contributed by atoms with E-state index in [9.17, 15) is 4.79 Å². The van der Waals surface area contributed by atoms with Gasteiger partial charge in [-0.1, -0.05) is 19.9 Å². The highest BCUT2D eigenvalue weighted by Gasteiger charge is 2.08. The number of pyridine rings is 1. The third-order valence-corrected chi connectivity index (χ3v) is 4.00. The van der Waals surface area contributed by atoms with E-state index in [1.807, 2.05) is 24.3 Å². The standard InChI is InChI=1S/C20H22N4O2/c1-14(2)18-7-6-17(11-15(18)3)26-13-20(25)23-16-5-8-19(21-12-16)24-10-4-9-22-24/h4-12,14H,13H2,1-3H3,(H,23,25). The van der Waals surface area contributed by atoms with Crippen molar-refractivity contribution in [2.24, 2.45) is 0 Å². The summed E-state index contributed by atoms with van der Waals surface area (Å²) in [7, 11) is 0. The minimum absolute atomic E-state index is 0.0542. The normalized spacial score (nSPS) is 10.8. The monoisotopic (exact) mass is 350 g/mol. The quantitative estimate of drug-likeness (QED) is 0.736. The summed E-state index contributed by atoms with van der Waals surface area (Å²) >= 11 is 0. The van der Waals surface area contributed by atoms with Crippen molar-refractivity contribution in [3.8, 4) is 11.6 Å². The molecule has 0 spiro atoms. The fourth-order valence-corrected chi connectivity index (χ4v) is 2.73. The third kappa shape index (κ3) is 4.27. The number of carbonyl (C=O) groups is 1. The number of aromatic nitrogens is 3. The maximum Gasteiger partial charge on any atom is 0.262 e. The molecule has 2 aromatic heterocycles. The zero-order chi connectivity index (χ0) is 18.5. The summed E-state index contributed by atoms with van der Waals surface area (Å²) in [5.74, 6) is 1.60. The van der Waals surface area contributed by atoms with Crippen LogP contribution in [0.15, 0.2) is 55.0 Å². The Morgan fingerprint density at radius 1 is 1.27 bits per heavy atom. The van der Waals surface area contributed by atoms with Gasteiger partial charge >= 0.3 is 0 Å². The number of nitrogens with zero attached hydrogens (tertiary/aromatic N) is 3. The van der Waals surface area contributed by atoms with Gasteiger partial charge in [-0.25, -0.2) is 9.67 Å². The van der Waals surface area contributed by atoms with Crippen LogP contribution in [-0.2, 0) is 4.79 Å². The average Bonchev–Trinajstić information content (AvgIpc) is 3.15. The molecule has 0 unspecified atom stereocenters. The molecule has 1 N–H and O–H groups in total. The smallest absolute Gasteiger partial charge is 0.262 e. The Labute approximate surface area is 152 Å². The van der Waals surface area contributed by atoms with Crippen molar-refractivity contribution in [2.75, 3.05) is 11.9 Å². The second-order valence-electron chi connectivity index (χ2n) is 6.37. The van der Waals surface area contributed by atoms with Crippen LogP contribution >= 0.6 is 0 Å². The highest BCUT2D eigenvalue weighted by Crippen LogP contribution is 2.23. The summed E-state index contributed by atoms with van der Waals surface area (Å²) in [5.41, 5.74) is 3.06. The summed E-state index contributed by atoms with van der Waals surface area (Å²) in [6, 6.07) is 11.3. The van der Waals surface area contributed by atoms with E-state index >= 15 is 0 Å². The van der Waals surface area contributed by atoms with Crippen LogP contribution in [0.1, 0.15) is 30.9 Å². The third-order valence-electron chi connectivity index (χ3n) is 4.00. The van der Waals surface area contributed by atoms with Crippen molar-refractivity contribution in [2.45, 2.75) is 26.7 Å². The molecule has 0 atom stereocenters. The van der Waals surface area contributed by atoms with Crippen molar-refractivity contribution in [3.05, 3.63) is 66.1 Å². The van der Waals surface area contributed by atoms with Crippen LogP contribution in [-0.4, -0.2) is 27.3 Å². The number of benzene rings is 1. The van der Waals surface area contributed by atoms with E-state index in [0.29, 0.717) is 23.2 Å². The fourth-order valence-electron chi connectivity index (χ4n) is 2.73. The maximum absolute atomic E-state index is 12.1. The molecule has 0 radical (unpaired) electrons. The molecule has 26 heavy (non-hydrogen) atoms. The lowest BCUT2D eigenvalue weighted by Gasteiger charge is -2.12. The van der Waals surface area contributed by atoms with E-state index in [2.05, 4.69) is 36.2 Å². The van der Waals surface area contributed by atoms with Crippen molar-refractivity contribution < 1.29 is 9.53 Å². The first-order valence-corrected chi connectivity index (χ1v) is 8.52. The van der Waals surface area contributed by atoms with Gasteiger partial charge in [-0.05, 0) is 54.3 Å². The summed E-state index contributed by atoms with van der Waals surface area (Å²) in [6.45, 7) is 6.31. The van der Waals surface area contributed by atoms with Gasteiger partial charge in [0.1, 0.15) is 5.75 Å². The number of hydrogen-bond acceptors (Lipinski definition) is 4. The van der Waals surface area contributed by atoms with Gasteiger partial charge in [0.25, 0.3) is 5.91 Å². The van der Waals surface area contributed by atoms with Gasteiger partial charge in [-0.2, -0.15) is 5.10 Å². The van der Waals surface area contributed by atoms with Crippen LogP contribution in [0, 0.1) is 6.92 Å². The molecule has 0 aliphatic rings.